The fourth-order valence-electron chi connectivity index (χ4n) is 2.13. The van der Waals surface area contributed by atoms with Gasteiger partial charge in [-0.3, -0.25) is 4.79 Å². The topological polar surface area (TPSA) is 49.3 Å². The summed E-state index contributed by atoms with van der Waals surface area (Å²) in [6.45, 7) is 6.06. The molecule has 0 spiro atoms. The third kappa shape index (κ3) is 4.67. The van der Waals surface area contributed by atoms with Crippen LogP contribution >= 0.6 is 0 Å². The van der Waals surface area contributed by atoms with Crippen LogP contribution in [-0.4, -0.2) is 23.7 Å². The molecule has 1 aromatic carbocycles. The van der Waals surface area contributed by atoms with Crippen molar-refractivity contribution in [1.82, 2.24) is 5.32 Å². The normalized spacial score (nSPS) is 14.2. The zero-order chi connectivity index (χ0) is 14.3. The van der Waals surface area contributed by atoms with Crippen molar-refractivity contribution in [3.63, 3.8) is 0 Å². The van der Waals surface area contributed by atoms with Gasteiger partial charge in [0.2, 0.25) is 5.91 Å². The van der Waals surface area contributed by atoms with Gasteiger partial charge in [0.05, 0.1) is 18.6 Å². The second-order valence-electron chi connectivity index (χ2n) is 5.29. The molecule has 0 aliphatic rings. The summed E-state index contributed by atoms with van der Waals surface area (Å²) >= 11 is 0. The monoisotopic (exact) mass is 263 g/mol. The Morgan fingerprint density at radius 2 is 1.89 bits per heavy atom. The van der Waals surface area contributed by atoms with Crippen LogP contribution in [0.1, 0.15) is 45.1 Å². The fourth-order valence-corrected chi connectivity index (χ4v) is 2.13. The fraction of sp³-hybridized carbons (Fsp3) is 0.562. The van der Waals surface area contributed by atoms with E-state index in [2.05, 4.69) is 12.2 Å². The Labute approximate surface area is 116 Å². The Morgan fingerprint density at radius 3 is 2.37 bits per heavy atom. The molecule has 0 bridgehead atoms. The lowest BCUT2D eigenvalue weighted by Gasteiger charge is -2.24. The number of hydrogen-bond donors (Lipinski definition) is 2. The maximum atomic E-state index is 12.4. The van der Waals surface area contributed by atoms with Gasteiger partial charge < -0.3 is 10.4 Å². The summed E-state index contributed by atoms with van der Waals surface area (Å²) in [5.41, 5.74) is 1.04. The Bertz CT molecular complexity index is 376. The molecule has 2 atom stereocenters. The van der Waals surface area contributed by atoms with Crippen LogP contribution in [0.3, 0.4) is 0 Å². The second kappa shape index (κ2) is 7.95. The number of benzene rings is 1. The second-order valence-corrected chi connectivity index (χ2v) is 5.29. The minimum atomic E-state index is -0.171. The maximum Gasteiger partial charge on any atom is 0.227 e. The number of aliphatic hydroxyl groups excluding tert-OH is 1. The van der Waals surface area contributed by atoms with E-state index in [1.165, 1.54) is 0 Å². The summed E-state index contributed by atoms with van der Waals surface area (Å²) in [6, 6.07) is 9.67. The van der Waals surface area contributed by atoms with Crippen LogP contribution in [-0.2, 0) is 4.79 Å². The van der Waals surface area contributed by atoms with E-state index in [9.17, 15) is 9.90 Å². The van der Waals surface area contributed by atoms with Crippen molar-refractivity contribution in [1.29, 1.82) is 0 Å². The molecule has 0 aliphatic carbocycles. The highest BCUT2D eigenvalue weighted by atomic mass is 16.3. The van der Waals surface area contributed by atoms with Gasteiger partial charge in [-0.2, -0.15) is 0 Å². The molecular formula is C16H25NO2. The van der Waals surface area contributed by atoms with Gasteiger partial charge in [-0.25, -0.2) is 0 Å². The number of carbonyl (C=O) groups excluding carboxylic acids is 1. The summed E-state index contributed by atoms with van der Waals surface area (Å²) in [6.07, 6.45) is 1.78. The first-order valence-corrected chi connectivity index (χ1v) is 7.06. The number of amides is 1. The van der Waals surface area contributed by atoms with E-state index in [0.29, 0.717) is 0 Å². The van der Waals surface area contributed by atoms with E-state index in [-0.39, 0.29) is 30.4 Å². The van der Waals surface area contributed by atoms with Crippen LogP contribution < -0.4 is 5.32 Å². The first kappa shape index (κ1) is 15.7. The van der Waals surface area contributed by atoms with Gasteiger partial charge in [-0.15, -0.1) is 0 Å². The molecule has 2 N–H and O–H groups in total. The Kier molecular flexibility index (Phi) is 6.57. The number of aliphatic hydroxyl groups is 1. The van der Waals surface area contributed by atoms with Crippen molar-refractivity contribution in [2.75, 3.05) is 6.61 Å². The van der Waals surface area contributed by atoms with Gasteiger partial charge in [0.1, 0.15) is 0 Å². The summed E-state index contributed by atoms with van der Waals surface area (Å²) in [5.74, 6) is 0.117. The van der Waals surface area contributed by atoms with Crippen LogP contribution in [0.15, 0.2) is 30.3 Å². The molecule has 19 heavy (non-hydrogen) atoms. The molecule has 0 aromatic heterocycles. The molecule has 1 aromatic rings. The van der Waals surface area contributed by atoms with Crippen LogP contribution in [0.2, 0.25) is 0 Å². The molecule has 0 saturated heterocycles. The van der Waals surface area contributed by atoms with E-state index in [4.69, 9.17) is 0 Å². The van der Waals surface area contributed by atoms with E-state index in [0.717, 1.165) is 18.4 Å². The number of carbonyl (C=O) groups is 1. The molecule has 106 valence electrons. The highest BCUT2D eigenvalue weighted by molar-refractivity contribution is 5.83. The lowest BCUT2D eigenvalue weighted by atomic mass is 9.92. The molecule has 0 fully saturated rings. The average molecular weight is 263 g/mol. The van der Waals surface area contributed by atoms with Gasteiger partial charge in [0.15, 0.2) is 0 Å². The summed E-state index contributed by atoms with van der Waals surface area (Å²) in [7, 11) is 0. The van der Waals surface area contributed by atoms with Crippen LogP contribution in [0.5, 0.6) is 0 Å². The van der Waals surface area contributed by atoms with Gasteiger partial charge in [-0.1, -0.05) is 57.5 Å². The summed E-state index contributed by atoms with van der Waals surface area (Å²) in [5, 5.41) is 12.3. The predicted molar refractivity (Wildman–Crippen MR) is 77.9 cm³/mol. The molecule has 0 heterocycles. The lowest BCUT2D eigenvalue weighted by Crippen LogP contribution is -2.43. The van der Waals surface area contributed by atoms with Gasteiger partial charge in [0.25, 0.3) is 0 Å². The largest absolute Gasteiger partial charge is 0.394 e. The maximum absolute atomic E-state index is 12.4. The number of nitrogens with one attached hydrogen (secondary N) is 1. The van der Waals surface area contributed by atoms with Crippen molar-refractivity contribution in [3.05, 3.63) is 35.9 Å². The highest BCUT2D eigenvalue weighted by Crippen LogP contribution is 2.21. The standard InChI is InChI=1S/C16H25NO2/c1-4-8-14(13-9-6-5-7-10-13)16(19)17-15(11-18)12(2)3/h5-7,9-10,12,14-15,18H,4,8,11H2,1-3H3,(H,17,19). The van der Waals surface area contributed by atoms with Crippen LogP contribution in [0, 0.1) is 5.92 Å². The minimum Gasteiger partial charge on any atom is -0.394 e. The third-order valence-electron chi connectivity index (χ3n) is 3.42. The Hall–Kier alpha value is -1.35. The molecule has 1 rings (SSSR count). The smallest absolute Gasteiger partial charge is 0.227 e. The summed E-state index contributed by atoms with van der Waals surface area (Å²) in [4.78, 5) is 12.4. The van der Waals surface area contributed by atoms with E-state index in [1.54, 1.807) is 0 Å². The third-order valence-corrected chi connectivity index (χ3v) is 3.42. The molecule has 0 aliphatic heterocycles. The number of rotatable bonds is 7. The SMILES string of the molecule is CCCC(C(=O)NC(CO)C(C)C)c1ccccc1. The van der Waals surface area contributed by atoms with Crippen molar-refractivity contribution in [2.24, 2.45) is 5.92 Å². The van der Waals surface area contributed by atoms with Gasteiger partial charge >= 0.3 is 0 Å². The van der Waals surface area contributed by atoms with Crippen molar-refractivity contribution in [3.8, 4) is 0 Å². The quantitative estimate of drug-likeness (QED) is 0.794. The Morgan fingerprint density at radius 1 is 1.26 bits per heavy atom. The van der Waals surface area contributed by atoms with E-state index < -0.39 is 0 Å². The van der Waals surface area contributed by atoms with Gasteiger partial charge in [-0.05, 0) is 17.9 Å². The van der Waals surface area contributed by atoms with Gasteiger partial charge in [0, 0.05) is 0 Å². The Balaban J connectivity index is 2.79. The zero-order valence-electron chi connectivity index (χ0n) is 12.1. The molecular weight excluding hydrogens is 238 g/mol. The first-order valence-electron chi connectivity index (χ1n) is 7.06. The van der Waals surface area contributed by atoms with Crippen molar-refractivity contribution < 1.29 is 9.90 Å². The minimum absolute atomic E-state index is 0.0146. The van der Waals surface area contributed by atoms with Crippen molar-refractivity contribution >= 4 is 5.91 Å². The predicted octanol–water partition coefficient (Wildman–Crippen LogP) is 2.70. The van der Waals surface area contributed by atoms with E-state index in [1.807, 2.05) is 44.2 Å². The molecule has 3 heteroatoms. The van der Waals surface area contributed by atoms with Crippen LogP contribution in [0.25, 0.3) is 0 Å². The van der Waals surface area contributed by atoms with Crippen molar-refractivity contribution in [2.45, 2.75) is 45.6 Å². The van der Waals surface area contributed by atoms with Crippen LogP contribution in [0.4, 0.5) is 0 Å². The first-order chi connectivity index (χ1) is 9.10. The summed E-state index contributed by atoms with van der Waals surface area (Å²) < 4.78 is 0. The molecule has 0 radical (unpaired) electrons. The average Bonchev–Trinajstić information content (AvgIpc) is 2.42. The lowest BCUT2D eigenvalue weighted by molar-refractivity contribution is -0.124. The molecule has 2 unspecified atom stereocenters. The molecule has 3 nitrogen and oxygen atoms in total. The van der Waals surface area contributed by atoms with E-state index >= 15 is 0 Å². The number of hydrogen-bond acceptors (Lipinski definition) is 2. The highest BCUT2D eigenvalue weighted by Gasteiger charge is 2.23. The zero-order valence-corrected chi connectivity index (χ0v) is 12.1. The molecule has 1 amide bonds. The molecule has 0 saturated carbocycles.